The number of benzene rings is 1. The molecule has 1 aromatic carbocycles. The number of para-hydroxylation sites is 1. The van der Waals surface area contributed by atoms with Crippen molar-refractivity contribution in [2.24, 2.45) is 0 Å². The van der Waals surface area contributed by atoms with Crippen LogP contribution in [0.25, 0.3) is 17.0 Å². The van der Waals surface area contributed by atoms with E-state index >= 15 is 0 Å². The lowest BCUT2D eigenvalue weighted by molar-refractivity contribution is -0.124. The summed E-state index contributed by atoms with van der Waals surface area (Å²) in [6, 6.07) is 9.96. The van der Waals surface area contributed by atoms with E-state index in [1.54, 1.807) is 13.2 Å². The fourth-order valence-corrected chi connectivity index (χ4v) is 2.51. The number of fused-ring (bicyclic) bond motifs is 1. The topological polar surface area (TPSA) is 96.2 Å². The van der Waals surface area contributed by atoms with Crippen LogP contribution in [-0.2, 0) is 20.9 Å². The Morgan fingerprint density at radius 2 is 2.12 bits per heavy atom. The van der Waals surface area contributed by atoms with Gasteiger partial charge < -0.3 is 19.9 Å². The van der Waals surface area contributed by atoms with E-state index in [2.05, 4.69) is 16.7 Å². The predicted molar refractivity (Wildman–Crippen MR) is 99.1 cm³/mol. The minimum Gasteiger partial charge on any atom is -0.383 e. The SMILES string of the molecule is COCCNC(=O)CNC(=O)/C=C/c1cn(CCC#N)c2ccccc12. The number of nitrogens with zero attached hydrogens (tertiary/aromatic N) is 2. The Morgan fingerprint density at radius 1 is 1.31 bits per heavy atom. The number of amides is 2. The van der Waals surface area contributed by atoms with Gasteiger partial charge in [0.25, 0.3) is 0 Å². The molecule has 7 heteroatoms. The Bertz CT molecular complexity index is 833. The summed E-state index contributed by atoms with van der Waals surface area (Å²) in [6.45, 7) is 1.34. The van der Waals surface area contributed by atoms with Gasteiger partial charge in [-0.15, -0.1) is 0 Å². The van der Waals surface area contributed by atoms with Crippen molar-refractivity contribution in [3.05, 3.63) is 42.1 Å². The second-order valence-electron chi connectivity index (χ2n) is 5.60. The fourth-order valence-electron chi connectivity index (χ4n) is 2.51. The molecule has 26 heavy (non-hydrogen) atoms. The van der Waals surface area contributed by atoms with Gasteiger partial charge in [-0.3, -0.25) is 9.59 Å². The molecule has 0 spiro atoms. The molecule has 7 nitrogen and oxygen atoms in total. The highest BCUT2D eigenvalue weighted by atomic mass is 16.5. The highest BCUT2D eigenvalue weighted by Crippen LogP contribution is 2.22. The number of carbonyl (C=O) groups is 2. The van der Waals surface area contributed by atoms with Crippen LogP contribution in [-0.4, -0.2) is 43.2 Å². The Morgan fingerprint density at radius 3 is 2.88 bits per heavy atom. The van der Waals surface area contributed by atoms with Crippen LogP contribution in [0.2, 0.25) is 0 Å². The zero-order chi connectivity index (χ0) is 18.8. The molecule has 0 unspecified atom stereocenters. The molecule has 0 atom stereocenters. The second kappa shape index (κ2) is 10.0. The van der Waals surface area contributed by atoms with Gasteiger partial charge in [-0.1, -0.05) is 18.2 Å². The van der Waals surface area contributed by atoms with Crippen LogP contribution in [0.3, 0.4) is 0 Å². The van der Waals surface area contributed by atoms with Crippen molar-refractivity contribution in [3.8, 4) is 6.07 Å². The third kappa shape index (κ3) is 5.46. The average molecular weight is 354 g/mol. The molecule has 2 aromatic rings. The maximum atomic E-state index is 11.9. The molecular formula is C19H22N4O3. The van der Waals surface area contributed by atoms with Crippen LogP contribution in [0.15, 0.2) is 36.5 Å². The van der Waals surface area contributed by atoms with Crippen molar-refractivity contribution in [2.75, 3.05) is 26.8 Å². The summed E-state index contributed by atoms with van der Waals surface area (Å²) in [5.41, 5.74) is 1.90. The molecule has 0 aliphatic carbocycles. The Kier molecular flexibility index (Phi) is 7.40. The summed E-state index contributed by atoms with van der Waals surface area (Å²) in [6.07, 6.45) is 5.45. The van der Waals surface area contributed by atoms with Crippen molar-refractivity contribution >= 4 is 28.8 Å². The lowest BCUT2D eigenvalue weighted by Gasteiger charge is -2.04. The second-order valence-corrected chi connectivity index (χ2v) is 5.60. The van der Waals surface area contributed by atoms with Crippen LogP contribution in [0.1, 0.15) is 12.0 Å². The van der Waals surface area contributed by atoms with E-state index in [1.807, 2.05) is 35.0 Å². The minimum atomic E-state index is -0.347. The summed E-state index contributed by atoms with van der Waals surface area (Å²) in [5, 5.41) is 15.0. The molecule has 136 valence electrons. The van der Waals surface area contributed by atoms with E-state index in [0.29, 0.717) is 26.1 Å². The molecule has 2 amide bonds. The highest BCUT2D eigenvalue weighted by Gasteiger charge is 2.07. The molecule has 0 aliphatic heterocycles. The van der Waals surface area contributed by atoms with E-state index in [0.717, 1.165) is 16.5 Å². The van der Waals surface area contributed by atoms with E-state index in [9.17, 15) is 9.59 Å². The van der Waals surface area contributed by atoms with Gasteiger partial charge in [-0.05, 0) is 12.1 Å². The first-order valence-corrected chi connectivity index (χ1v) is 8.32. The van der Waals surface area contributed by atoms with Gasteiger partial charge in [-0.2, -0.15) is 5.26 Å². The van der Waals surface area contributed by atoms with Gasteiger partial charge in [0.05, 0.1) is 25.6 Å². The lowest BCUT2D eigenvalue weighted by Crippen LogP contribution is -2.37. The Labute approximate surface area is 152 Å². The average Bonchev–Trinajstić information content (AvgIpc) is 3.01. The molecule has 1 aromatic heterocycles. The summed E-state index contributed by atoms with van der Waals surface area (Å²) in [7, 11) is 1.55. The number of ether oxygens (including phenoxy) is 1. The summed E-state index contributed by atoms with van der Waals surface area (Å²) in [4.78, 5) is 23.5. The van der Waals surface area contributed by atoms with Gasteiger partial charge >= 0.3 is 0 Å². The van der Waals surface area contributed by atoms with Crippen LogP contribution in [0.5, 0.6) is 0 Å². The standard InChI is InChI=1S/C19H22N4O3/c1-26-12-10-21-19(25)13-22-18(24)8-7-15-14-23(11-4-9-20)17-6-3-2-5-16(15)17/h2-3,5-8,14H,4,10-13H2,1H3,(H,21,25)(H,22,24)/b8-7+. The first kappa shape index (κ1) is 19.2. The summed E-state index contributed by atoms with van der Waals surface area (Å²) < 4.78 is 6.83. The predicted octanol–water partition coefficient (Wildman–Crippen LogP) is 1.45. The number of aryl methyl sites for hydroxylation is 1. The maximum absolute atomic E-state index is 11.9. The normalized spacial score (nSPS) is 10.8. The number of hydrogen-bond donors (Lipinski definition) is 2. The van der Waals surface area contributed by atoms with Crippen molar-refractivity contribution in [2.45, 2.75) is 13.0 Å². The Hall–Kier alpha value is -3.11. The first-order valence-electron chi connectivity index (χ1n) is 8.32. The number of aromatic nitrogens is 1. The van der Waals surface area contributed by atoms with Crippen molar-refractivity contribution in [3.63, 3.8) is 0 Å². The maximum Gasteiger partial charge on any atom is 0.244 e. The highest BCUT2D eigenvalue weighted by molar-refractivity contribution is 5.97. The first-order chi connectivity index (χ1) is 12.7. The molecule has 0 saturated heterocycles. The minimum absolute atomic E-state index is 0.0865. The number of rotatable bonds is 9. The number of nitrogens with one attached hydrogen (secondary N) is 2. The number of methoxy groups -OCH3 is 1. The number of hydrogen-bond acceptors (Lipinski definition) is 4. The van der Waals surface area contributed by atoms with Crippen LogP contribution in [0.4, 0.5) is 0 Å². The van der Waals surface area contributed by atoms with Gasteiger partial charge in [0.1, 0.15) is 0 Å². The van der Waals surface area contributed by atoms with Crippen LogP contribution in [0, 0.1) is 11.3 Å². The fraction of sp³-hybridized carbons (Fsp3) is 0.316. The monoisotopic (exact) mass is 354 g/mol. The number of nitriles is 1. The van der Waals surface area contributed by atoms with Gasteiger partial charge in [0, 0.05) is 48.9 Å². The van der Waals surface area contributed by atoms with Crippen LogP contribution >= 0.6 is 0 Å². The third-order valence-corrected chi connectivity index (χ3v) is 3.75. The van der Waals surface area contributed by atoms with E-state index in [4.69, 9.17) is 10.00 Å². The van der Waals surface area contributed by atoms with Gasteiger partial charge in [-0.25, -0.2) is 0 Å². The zero-order valence-corrected chi connectivity index (χ0v) is 14.7. The van der Waals surface area contributed by atoms with Crippen molar-refractivity contribution in [1.82, 2.24) is 15.2 Å². The lowest BCUT2D eigenvalue weighted by atomic mass is 10.1. The third-order valence-electron chi connectivity index (χ3n) is 3.75. The smallest absolute Gasteiger partial charge is 0.244 e. The van der Waals surface area contributed by atoms with Crippen molar-refractivity contribution < 1.29 is 14.3 Å². The molecule has 2 N–H and O–H groups in total. The molecular weight excluding hydrogens is 332 g/mol. The largest absolute Gasteiger partial charge is 0.383 e. The number of carbonyl (C=O) groups excluding carboxylic acids is 2. The molecule has 0 bridgehead atoms. The Balaban J connectivity index is 1.98. The molecule has 0 radical (unpaired) electrons. The molecule has 0 fully saturated rings. The van der Waals surface area contributed by atoms with Gasteiger partial charge in [0.2, 0.25) is 11.8 Å². The molecule has 1 heterocycles. The molecule has 2 rings (SSSR count). The summed E-state index contributed by atoms with van der Waals surface area (Å²) >= 11 is 0. The van der Waals surface area contributed by atoms with Crippen LogP contribution < -0.4 is 10.6 Å². The molecule has 0 saturated carbocycles. The zero-order valence-electron chi connectivity index (χ0n) is 14.7. The van der Waals surface area contributed by atoms with E-state index < -0.39 is 0 Å². The quantitative estimate of drug-likeness (QED) is 0.526. The van der Waals surface area contributed by atoms with Gasteiger partial charge in [0.15, 0.2) is 0 Å². The van der Waals surface area contributed by atoms with E-state index in [1.165, 1.54) is 6.08 Å². The summed E-state index contributed by atoms with van der Waals surface area (Å²) in [5.74, 6) is -0.613. The molecule has 0 aliphatic rings. The van der Waals surface area contributed by atoms with Crippen molar-refractivity contribution in [1.29, 1.82) is 5.26 Å². The van der Waals surface area contributed by atoms with E-state index in [-0.39, 0.29) is 18.4 Å².